The molecule has 0 fully saturated rings. The number of nitrogens with two attached hydrogens (primary N) is 1. The number of aliphatic hydroxyl groups is 1. The summed E-state index contributed by atoms with van der Waals surface area (Å²) in [5.41, 5.74) is 9.26. The quantitative estimate of drug-likeness (QED) is 0.110. The molecule has 0 radical (unpaired) electrons. The van der Waals surface area contributed by atoms with E-state index in [4.69, 9.17) is 5.73 Å². The highest BCUT2D eigenvalue weighted by Crippen LogP contribution is 2.28. The second-order valence-electron chi connectivity index (χ2n) is 11.2. The number of alkyl carbamates (subject to hydrolysis) is 1. The molecule has 8 nitrogen and oxygen atoms in total. The number of nitrogens with zero attached hydrogens (tertiary/aromatic N) is 1. The van der Waals surface area contributed by atoms with Crippen LogP contribution in [0.3, 0.4) is 0 Å². The van der Waals surface area contributed by atoms with Gasteiger partial charge in [-0.15, -0.1) is 0 Å². The highest BCUT2D eigenvalue weighted by molar-refractivity contribution is 7.97. The molecule has 3 aromatic carbocycles. The number of aliphatic hydroxyl groups excluding tert-OH is 1. The van der Waals surface area contributed by atoms with E-state index in [-0.39, 0.29) is 31.1 Å². The fourth-order valence-electron chi connectivity index (χ4n) is 4.39. The van der Waals surface area contributed by atoms with Crippen LogP contribution in [0.4, 0.5) is 10.5 Å². The number of carbonyl (C=O) groups excluding carboxylic acids is 2. The average Bonchev–Trinajstić information content (AvgIpc) is 3.02. The van der Waals surface area contributed by atoms with Gasteiger partial charge in [-0.1, -0.05) is 74.5 Å². The first-order chi connectivity index (χ1) is 21.2. The number of methoxy groups -OCH3 is 1. The topological polar surface area (TPSA) is 117 Å². The number of rotatable bonds is 16. The highest BCUT2D eigenvalue weighted by atomic mass is 32.2. The lowest BCUT2D eigenvalue weighted by Crippen LogP contribution is -2.41. The summed E-state index contributed by atoms with van der Waals surface area (Å²) in [6.07, 6.45) is 3.90. The summed E-state index contributed by atoms with van der Waals surface area (Å²) in [5.74, 6) is 0.316. The Bertz CT molecular complexity index is 1160. The molecule has 9 heteroatoms. The summed E-state index contributed by atoms with van der Waals surface area (Å²) in [5, 5.41) is 15.3. The van der Waals surface area contributed by atoms with Crippen LogP contribution < -0.4 is 16.4 Å². The molecular weight excluding hydrogens is 572 g/mol. The van der Waals surface area contributed by atoms with Gasteiger partial charge in [0.15, 0.2) is 0 Å². The van der Waals surface area contributed by atoms with E-state index < -0.39 is 6.09 Å². The largest absolute Gasteiger partial charge is 0.453 e. The fraction of sp³-hybridized carbons (Fsp3) is 0.429. The lowest BCUT2D eigenvalue weighted by Gasteiger charge is -2.30. The molecule has 3 rings (SSSR count). The van der Waals surface area contributed by atoms with Gasteiger partial charge in [-0.05, 0) is 92.3 Å². The second-order valence-corrected chi connectivity index (χ2v) is 12.3. The molecule has 3 aromatic rings. The number of nitrogen functional groups attached to an aromatic ring is 1. The van der Waals surface area contributed by atoms with Gasteiger partial charge in [0.1, 0.15) is 6.54 Å². The van der Waals surface area contributed by atoms with Crippen molar-refractivity contribution in [1.29, 1.82) is 0 Å². The summed E-state index contributed by atoms with van der Waals surface area (Å²) in [6.45, 7) is 7.16. The van der Waals surface area contributed by atoms with Crippen LogP contribution in [0, 0.1) is 5.92 Å². The van der Waals surface area contributed by atoms with Crippen molar-refractivity contribution in [2.75, 3.05) is 32.5 Å². The van der Waals surface area contributed by atoms with E-state index in [0.717, 1.165) is 49.2 Å². The van der Waals surface area contributed by atoms with E-state index in [1.165, 1.54) is 18.2 Å². The molecule has 0 spiro atoms. The molecule has 0 bridgehead atoms. The smallest absolute Gasteiger partial charge is 0.407 e. The number of hydrogen-bond acceptors (Lipinski definition) is 7. The maximum atomic E-state index is 11.9. The van der Waals surface area contributed by atoms with Crippen LogP contribution in [0.15, 0.2) is 89.8 Å². The summed E-state index contributed by atoms with van der Waals surface area (Å²) in [7, 11) is 1.25. The van der Waals surface area contributed by atoms with Gasteiger partial charge < -0.3 is 26.2 Å². The summed E-state index contributed by atoms with van der Waals surface area (Å²) >= 11 is 1.65. The van der Waals surface area contributed by atoms with Crippen molar-refractivity contribution in [3.63, 3.8) is 0 Å². The second kappa shape index (κ2) is 21.2. The predicted molar refractivity (Wildman–Crippen MR) is 181 cm³/mol. The zero-order chi connectivity index (χ0) is 32.2. The van der Waals surface area contributed by atoms with Crippen molar-refractivity contribution in [2.45, 2.75) is 69.9 Å². The highest BCUT2D eigenvalue weighted by Gasteiger charge is 2.20. The SMILES string of the molecule is COC(=O)NCC(=O)NC(C)CCCC(CO)N(CCC(C)C)Sc1ccc(N)cc1.c1ccc(Cc2ccccc2)cc1. The van der Waals surface area contributed by atoms with Gasteiger partial charge in [0.2, 0.25) is 5.91 Å². The minimum Gasteiger partial charge on any atom is -0.453 e. The fourth-order valence-corrected chi connectivity index (χ4v) is 5.43. The van der Waals surface area contributed by atoms with Gasteiger partial charge in [-0.2, -0.15) is 0 Å². The Morgan fingerprint density at radius 3 is 2.00 bits per heavy atom. The molecule has 240 valence electrons. The van der Waals surface area contributed by atoms with Crippen LogP contribution in [-0.4, -0.2) is 60.3 Å². The summed E-state index contributed by atoms with van der Waals surface area (Å²) in [4.78, 5) is 24.0. The van der Waals surface area contributed by atoms with Crippen molar-refractivity contribution in [3.05, 3.63) is 96.1 Å². The van der Waals surface area contributed by atoms with E-state index in [1.807, 2.05) is 31.2 Å². The van der Waals surface area contributed by atoms with Gasteiger partial charge in [-0.3, -0.25) is 4.79 Å². The lowest BCUT2D eigenvalue weighted by molar-refractivity contribution is -0.120. The standard InChI is InChI=1S/C22H38N4O4S.C13H12/c1-16(2)12-13-26(31-20-10-8-18(23)9-11-20)19(15-27)7-5-6-17(3)25-21(28)14-24-22(29)30-4;1-3-7-12(8-4-1)11-13-9-5-2-6-10-13/h8-11,16-17,19,27H,5-7,12-15,23H2,1-4H3,(H,24,29)(H,25,28);1-10H,11H2. The Kier molecular flexibility index (Phi) is 17.7. The molecule has 0 heterocycles. The first-order valence-electron chi connectivity index (χ1n) is 15.3. The van der Waals surface area contributed by atoms with E-state index in [1.54, 1.807) is 11.9 Å². The maximum absolute atomic E-state index is 11.9. The number of anilines is 1. The van der Waals surface area contributed by atoms with Crippen molar-refractivity contribution in [1.82, 2.24) is 14.9 Å². The molecule has 0 saturated carbocycles. The van der Waals surface area contributed by atoms with Crippen LogP contribution in [-0.2, 0) is 16.0 Å². The van der Waals surface area contributed by atoms with Gasteiger partial charge in [0, 0.05) is 29.2 Å². The number of ether oxygens (including phenoxy) is 1. The van der Waals surface area contributed by atoms with E-state index >= 15 is 0 Å². The minimum atomic E-state index is -0.631. The Morgan fingerprint density at radius 2 is 1.48 bits per heavy atom. The third kappa shape index (κ3) is 15.8. The third-order valence-electron chi connectivity index (χ3n) is 6.90. The zero-order valence-corrected chi connectivity index (χ0v) is 27.4. The molecule has 0 aromatic heterocycles. The van der Waals surface area contributed by atoms with Crippen LogP contribution in [0.5, 0.6) is 0 Å². The monoisotopic (exact) mass is 622 g/mol. The van der Waals surface area contributed by atoms with Gasteiger partial charge in [-0.25, -0.2) is 9.10 Å². The van der Waals surface area contributed by atoms with Gasteiger partial charge in [0.05, 0.1) is 13.7 Å². The van der Waals surface area contributed by atoms with Crippen molar-refractivity contribution >= 4 is 29.6 Å². The van der Waals surface area contributed by atoms with E-state index in [2.05, 4.69) is 94.2 Å². The normalized spacial score (nSPS) is 12.2. The number of nitrogens with one attached hydrogen (secondary N) is 2. The maximum Gasteiger partial charge on any atom is 0.407 e. The first-order valence-corrected chi connectivity index (χ1v) is 16.1. The first kappa shape index (κ1) is 36.7. The molecule has 0 aliphatic carbocycles. The van der Waals surface area contributed by atoms with Crippen LogP contribution >= 0.6 is 11.9 Å². The number of carbonyl (C=O) groups is 2. The van der Waals surface area contributed by atoms with Crippen molar-refractivity contribution < 1.29 is 19.4 Å². The number of benzene rings is 3. The van der Waals surface area contributed by atoms with Crippen LogP contribution in [0.2, 0.25) is 0 Å². The van der Waals surface area contributed by atoms with Gasteiger partial charge >= 0.3 is 6.09 Å². The molecule has 0 saturated heterocycles. The average molecular weight is 623 g/mol. The Balaban J connectivity index is 0.000000425. The van der Waals surface area contributed by atoms with E-state index in [9.17, 15) is 14.7 Å². The molecule has 44 heavy (non-hydrogen) atoms. The Labute approximate surface area is 267 Å². The molecule has 2 atom stereocenters. The van der Waals surface area contributed by atoms with E-state index in [0.29, 0.717) is 5.92 Å². The summed E-state index contributed by atoms with van der Waals surface area (Å²) < 4.78 is 6.71. The predicted octanol–water partition coefficient (Wildman–Crippen LogP) is 6.29. The van der Waals surface area contributed by atoms with Gasteiger partial charge in [0.25, 0.3) is 0 Å². The Morgan fingerprint density at radius 1 is 0.886 bits per heavy atom. The van der Waals surface area contributed by atoms with Crippen molar-refractivity contribution in [2.24, 2.45) is 5.92 Å². The zero-order valence-electron chi connectivity index (χ0n) is 26.6. The molecule has 0 aliphatic heterocycles. The number of hydrogen-bond donors (Lipinski definition) is 4. The number of amides is 2. The minimum absolute atomic E-state index is 0.0187. The lowest BCUT2D eigenvalue weighted by atomic mass is 10.1. The molecule has 0 aliphatic rings. The molecular formula is C35H50N4O4S. The summed E-state index contributed by atoms with van der Waals surface area (Å²) in [6, 6.07) is 28.8. The molecule has 5 N–H and O–H groups in total. The van der Waals surface area contributed by atoms with Crippen molar-refractivity contribution in [3.8, 4) is 0 Å². The molecule has 2 unspecified atom stereocenters. The Hall–Kier alpha value is -3.53. The molecule has 2 amide bonds. The third-order valence-corrected chi connectivity index (χ3v) is 8.10. The van der Waals surface area contributed by atoms with Crippen LogP contribution in [0.1, 0.15) is 57.6 Å². The van der Waals surface area contributed by atoms with Crippen LogP contribution in [0.25, 0.3) is 0 Å².